The first-order valence-electron chi connectivity index (χ1n) is 10.2. The van der Waals surface area contributed by atoms with Gasteiger partial charge in [0.15, 0.2) is 0 Å². The van der Waals surface area contributed by atoms with Crippen LogP contribution in [0.4, 0.5) is 4.79 Å². The summed E-state index contributed by atoms with van der Waals surface area (Å²) in [6.07, 6.45) is 2.19. The van der Waals surface area contributed by atoms with Gasteiger partial charge in [0, 0.05) is 31.9 Å². The summed E-state index contributed by atoms with van der Waals surface area (Å²) in [5, 5.41) is 3.03. The second kappa shape index (κ2) is 9.29. The Labute approximate surface area is 171 Å². The van der Waals surface area contributed by atoms with Crippen molar-refractivity contribution < 1.29 is 19.0 Å². The number of nitrogens with zero attached hydrogens (tertiary/aromatic N) is 1. The summed E-state index contributed by atoms with van der Waals surface area (Å²) in [7, 11) is 1.66. The topological polar surface area (TPSA) is 60.0 Å². The van der Waals surface area contributed by atoms with Crippen LogP contribution in [0.3, 0.4) is 0 Å². The summed E-state index contributed by atoms with van der Waals surface area (Å²) in [4.78, 5) is 14.5. The lowest BCUT2D eigenvalue weighted by molar-refractivity contribution is -0.0390. The fraction of sp³-hybridized carbons (Fsp3) is 0.435. The molecule has 0 saturated carbocycles. The highest BCUT2D eigenvalue weighted by Gasteiger charge is 2.25. The molecule has 6 nitrogen and oxygen atoms in total. The number of carbonyl (C=O) groups is 1. The summed E-state index contributed by atoms with van der Waals surface area (Å²) >= 11 is 0. The molecule has 0 radical (unpaired) electrons. The van der Waals surface area contributed by atoms with Crippen molar-refractivity contribution in [1.82, 2.24) is 10.2 Å². The van der Waals surface area contributed by atoms with Crippen molar-refractivity contribution in [2.24, 2.45) is 0 Å². The van der Waals surface area contributed by atoms with Crippen molar-refractivity contribution in [3.63, 3.8) is 0 Å². The van der Waals surface area contributed by atoms with Crippen LogP contribution in [-0.4, -0.2) is 37.4 Å². The Hall–Kier alpha value is -2.57. The highest BCUT2D eigenvalue weighted by atomic mass is 16.5. The normalized spacial score (nSPS) is 16.5. The van der Waals surface area contributed by atoms with Crippen LogP contribution in [0.25, 0.3) is 0 Å². The predicted molar refractivity (Wildman–Crippen MR) is 110 cm³/mol. The fourth-order valence-electron chi connectivity index (χ4n) is 3.90. The third-order valence-corrected chi connectivity index (χ3v) is 5.54. The monoisotopic (exact) mass is 396 g/mol. The van der Waals surface area contributed by atoms with Gasteiger partial charge in [-0.2, -0.15) is 0 Å². The van der Waals surface area contributed by atoms with E-state index in [4.69, 9.17) is 14.2 Å². The molecule has 2 aliphatic rings. The molecule has 2 aromatic rings. The molecule has 0 aromatic heterocycles. The number of hydrogen-bond acceptors (Lipinski definition) is 4. The second-order valence-corrected chi connectivity index (χ2v) is 7.56. The van der Waals surface area contributed by atoms with Crippen LogP contribution in [0.1, 0.15) is 35.1 Å². The van der Waals surface area contributed by atoms with Crippen LogP contribution in [0, 0.1) is 0 Å². The van der Waals surface area contributed by atoms with Gasteiger partial charge in [-0.25, -0.2) is 4.79 Å². The molecule has 0 unspecified atom stereocenters. The van der Waals surface area contributed by atoms with Crippen LogP contribution in [-0.2, 0) is 35.7 Å². The molecule has 4 rings (SSSR count). The van der Waals surface area contributed by atoms with Crippen LogP contribution in [0.15, 0.2) is 42.5 Å². The van der Waals surface area contributed by atoms with E-state index in [0.717, 1.165) is 54.1 Å². The quantitative estimate of drug-likeness (QED) is 0.810. The second-order valence-electron chi connectivity index (χ2n) is 7.56. The van der Waals surface area contributed by atoms with Crippen molar-refractivity contribution in [3.8, 4) is 5.75 Å². The van der Waals surface area contributed by atoms with Crippen LogP contribution in [0.5, 0.6) is 5.75 Å². The van der Waals surface area contributed by atoms with Gasteiger partial charge < -0.3 is 24.4 Å². The maximum atomic E-state index is 12.6. The molecule has 0 bridgehead atoms. The van der Waals surface area contributed by atoms with Crippen molar-refractivity contribution in [1.29, 1.82) is 0 Å². The zero-order valence-electron chi connectivity index (χ0n) is 16.9. The lowest BCUT2D eigenvalue weighted by Crippen LogP contribution is -2.36. The molecular formula is C23H28N2O4. The lowest BCUT2D eigenvalue weighted by atomic mass is 10.1. The Morgan fingerprint density at radius 1 is 1.14 bits per heavy atom. The zero-order valence-corrected chi connectivity index (χ0v) is 16.9. The van der Waals surface area contributed by atoms with Gasteiger partial charge in [0.2, 0.25) is 0 Å². The van der Waals surface area contributed by atoms with E-state index in [1.165, 1.54) is 0 Å². The molecule has 29 heavy (non-hydrogen) atoms. The first-order valence-corrected chi connectivity index (χ1v) is 10.2. The highest BCUT2D eigenvalue weighted by Crippen LogP contribution is 2.30. The molecule has 2 aliphatic heterocycles. The minimum Gasteiger partial charge on any atom is -0.496 e. The van der Waals surface area contributed by atoms with Gasteiger partial charge in [-0.15, -0.1) is 0 Å². The van der Waals surface area contributed by atoms with E-state index in [2.05, 4.69) is 17.4 Å². The van der Waals surface area contributed by atoms with Gasteiger partial charge in [-0.3, -0.25) is 0 Å². The molecule has 2 aromatic carbocycles. The largest absolute Gasteiger partial charge is 0.496 e. The molecule has 0 atom stereocenters. The summed E-state index contributed by atoms with van der Waals surface area (Å²) in [6.45, 7) is 3.83. The van der Waals surface area contributed by atoms with Crippen molar-refractivity contribution in [2.45, 2.75) is 45.2 Å². The SMILES string of the molecule is COc1cccc2c1CN(C(=O)NCc1cccc(COC3CCOCC3)c1)C2. The number of methoxy groups -OCH3 is 1. The molecular weight excluding hydrogens is 368 g/mol. The van der Waals surface area contributed by atoms with E-state index in [-0.39, 0.29) is 12.1 Å². The molecule has 1 N–H and O–H groups in total. The van der Waals surface area contributed by atoms with E-state index in [1.807, 2.05) is 35.2 Å². The summed E-state index contributed by atoms with van der Waals surface area (Å²) in [5.74, 6) is 0.843. The Kier molecular flexibility index (Phi) is 6.32. The molecule has 2 heterocycles. The third kappa shape index (κ3) is 4.89. The number of fused-ring (bicyclic) bond motifs is 1. The number of nitrogens with one attached hydrogen (secondary N) is 1. The van der Waals surface area contributed by atoms with Gasteiger partial charge in [0.05, 0.1) is 26.4 Å². The Morgan fingerprint density at radius 2 is 1.93 bits per heavy atom. The van der Waals surface area contributed by atoms with Gasteiger partial charge in [-0.05, 0) is 35.6 Å². The molecule has 2 amide bonds. The standard InChI is InChI=1S/C23H28N2O4/c1-27-22-7-3-6-19-14-25(15-21(19)22)23(26)24-13-17-4-2-5-18(12-17)16-29-20-8-10-28-11-9-20/h2-7,12,20H,8-11,13-16H2,1H3,(H,24,26). The van der Waals surface area contributed by atoms with E-state index < -0.39 is 0 Å². The van der Waals surface area contributed by atoms with Crippen LogP contribution < -0.4 is 10.1 Å². The number of amides is 2. The minimum absolute atomic E-state index is 0.0629. The molecule has 1 fully saturated rings. The number of urea groups is 1. The van der Waals surface area contributed by atoms with E-state index >= 15 is 0 Å². The fourth-order valence-corrected chi connectivity index (χ4v) is 3.90. The van der Waals surface area contributed by atoms with Crippen LogP contribution >= 0.6 is 0 Å². The Bertz CT molecular complexity index is 849. The molecule has 1 saturated heterocycles. The first kappa shape index (κ1) is 19.7. The minimum atomic E-state index is -0.0629. The van der Waals surface area contributed by atoms with Gasteiger partial charge in [0.1, 0.15) is 5.75 Å². The maximum absolute atomic E-state index is 12.6. The number of carbonyl (C=O) groups excluding carboxylic acids is 1. The van der Waals surface area contributed by atoms with Gasteiger partial charge in [-0.1, -0.05) is 36.4 Å². The maximum Gasteiger partial charge on any atom is 0.318 e. The average molecular weight is 396 g/mol. The van der Waals surface area contributed by atoms with Gasteiger partial charge in [0.25, 0.3) is 0 Å². The average Bonchev–Trinajstić information content (AvgIpc) is 3.22. The summed E-state index contributed by atoms with van der Waals surface area (Å²) in [5.41, 5.74) is 4.44. The van der Waals surface area contributed by atoms with Crippen molar-refractivity contribution in [3.05, 3.63) is 64.7 Å². The summed E-state index contributed by atoms with van der Waals surface area (Å²) in [6, 6.07) is 14.1. The zero-order chi connectivity index (χ0) is 20.1. The number of benzene rings is 2. The van der Waals surface area contributed by atoms with Gasteiger partial charge >= 0.3 is 6.03 Å². The van der Waals surface area contributed by atoms with Crippen molar-refractivity contribution >= 4 is 6.03 Å². The molecule has 0 spiro atoms. The number of ether oxygens (including phenoxy) is 3. The Morgan fingerprint density at radius 3 is 2.76 bits per heavy atom. The number of rotatable bonds is 6. The summed E-state index contributed by atoms with van der Waals surface area (Å²) < 4.78 is 16.8. The Balaban J connectivity index is 1.28. The lowest BCUT2D eigenvalue weighted by Gasteiger charge is -2.22. The smallest absolute Gasteiger partial charge is 0.318 e. The van der Waals surface area contributed by atoms with E-state index in [9.17, 15) is 4.79 Å². The molecule has 0 aliphatic carbocycles. The number of hydrogen-bond donors (Lipinski definition) is 1. The van der Waals surface area contributed by atoms with Crippen LogP contribution in [0.2, 0.25) is 0 Å². The molecule has 154 valence electrons. The predicted octanol–water partition coefficient (Wildman–Crippen LogP) is 3.62. The van der Waals surface area contributed by atoms with Crippen molar-refractivity contribution in [2.75, 3.05) is 20.3 Å². The third-order valence-electron chi connectivity index (χ3n) is 5.54. The molecule has 6 heteroatoms. The first-order chi connectivity index (χ1) is 14.2. The van der Waals surface area contributed by atoms with E-state index in [0.29, 0.717) is 26.2 Å². The van der Waals surface area contributed by atoms with E-state index in [1.54, 1.807) is 7.11 Å². The highest BCUT2D eigenvalue weighted by molar-refractivity contribution is 5.75.